The van der Waals surface area contributed by atoms with E-state index in [9.17, 15) is 39.6 Å². The quantitative estimate of drug-likeness (QED) is 0.0930. The number of hydrazone groups is 2. The zero-order valence-corrected chi connectivity index (χ0v) is 24.7. The van der Waals surface area contributed by atoms with E-state index in [1.54, 1.807) is 12.1 Å². The maximum absolute atomic E-state index is 12.4. The summed E-state index contributed by atoms with van der Waals surface area (Å²) in [5.74, 6) is -3.62. The lowest BCUT2D eigenvalue weighted by Crippen LogP contribution is -2.48. The van der Waals surface area contributed by atoms with Crippen LogP contribution in [0.5, 0.6) is 11.5 Å². The molecule has 2 atom stereocenters. The smallest absolute Gasteiger partial charge is 0.349 e. The van der Waals surface area contributed by atoms with Gasteiger partial charge in [-0.15, -0.1) is 0 Å². The van der Waals surface area contributed by atoms with E-state index >= 15 is 0 Å². The van der Waals surface area contributed by atoms with Crippen molar-refractivity contribution < 1.29 is 38.8 Å². The number of benzene rings is 2. The van der Waals surface area contributed by atoms with E-state index in [1.807, 2.05) is 10.9 Å². The van der Waals surface area contributed by atoms with Crippen LogP contribution in [0, 0.1) is 0 Å². The van der Waals surface area contributed by atoms with Crippen LogP contribution in [-0.2, 0) is 9.59 Å². The second kappa shape index (κ2) is 12.2. The van der Waals surface area contributed by atoms with Gasteiger partial charge in [-0.1, -0.05) is 31.9 Å². The molecule has 0 bridgehead atoms. The molecule has 218 valence electrons. The lowest BCUT2D eigenvalue weighted by atomic mass is 10.1. The Kier molecular flexibility index (Phi) is 8.91. The number of aliphatic hydroxyl groups excluding tert-OH is 2. The Hall–Kier alpha value is -4.38. The molecule has 0 aliphatic heterocycles. The SMILES string of the molecule is C/C(=N\NC(=O)C(O)C(O)C(=O)N/N=C(\C)c1c(O)c2cc(Br)ccc2oc1=O)c1c(O)c2cc(Br)ccc2oc1=O. The van der Waals surface area contributed by atoms with Crippen LogP contribution in [0.4, 0.5) is 0 Å². The molecule has 0 aliphatic carbocycles. The number of aliphatic hydroxyl groups is 2. The molecule has 0 saturated heterocycles. The third-order valence-electron chi connectivity index (χ3n) is 5.91. The number of fused-ring (bicyclic) bond motifs is 2. The number of amides is 2. The van der Waals surface area contributed by atoms with Gasteiger partial charge >= 0.3 is 11.3 Å². The molecule has 6 N–H and O–H groups in total. The van der Waals surface area contributed by atoms with Gasteiger partial charge in [0, 0.05) is 8.95 Å². The summed E-state index contributed by atoms with van der Waals surface area (Å²) in [4.78, 5) is 49.5. The van der Waals surface area contributed by atoms with Gasteiger partial charge in [0.15, 0.2) is 12.2 Å². The van der Waals surface area contributed by atoms with Crippen LogP contribution < -0.4 is 22.1 Å². The van der Waals surface area contributed by atoms with E-state index in [1.165, 1.54) is 38.1 Å². The van der Waals surface area contributed by atoms with Crippen molar-refractivity contribution in [1.82, 2.24) is 10.9 Å². The number of carbonyl (C=O) groups excluding carboxylic acids is 2. The molecule has 2 aromatic heterocycles. The average molecular weight is 708 g/mol. The van der Waals surface area contributed by atoms with Crippen LogP contribution in [0.25, 0.3) is 21.9 Å². The number of hydrogen-bond donors (Lipinski definition) is 6. The summed E-state index contributed by atoms with van der Waals surface area (Å²) in [5, 5.41) is 49.1. The van der Waals surface area contributed by atoms with Crippen LogP contribution >= 0.6 is 31.9 Å². The Bertz CT molecular complexity index is 1790. The van der Waals surface area contributed by atoms with E-state index in [-0.39, 0.29) is 44.5 Å². The first-order chi connectivity index (χ1) is 19.8. The molecule has 2 aromatic carbocycles. The molecule has 0 saturated carbocycles. The predicted octanol–water partition coefficient (Wildman–Crippen LogP) is 1.94. The van der Waals surface area contributed by atoms with Gasteiger partial charge < -0.3 is 29.3 Å². The number of halogens is 2. The van der Waals surface area contributed by atoms with Crippen molar-refractivity contribution in [2.45, 2.75) is 26.1 Å². The predicted molar refractivity (Wildman–Crippen MR) is 156 cm³/mol. The maximum atomic E-state index is 12.4. The van der Waals surface area contributed by atoms with Crippen molar-refractivity contribution >= 4 is 77.0 Å². The summed E-state index contributed by atoms with van der Waals surface area (Å²) in [7, 11) is 0. The Morgan fingerprint density at radius 1 is 0.738 bits per heavy atom. The normalized spacial score (nSPS) is 13.7. The first kappa shape index (κ1) is 30.6. The molecule has 2 unspecified atom stereocenters. The van der Waals surface area contributed by atoms with Crippen molar-refractivity contribution in [2.24, 2.45) is 10.2 Å². The van der Waals surface area contributed by atoms with E-state index in [4.69, 9.17) is 8.83 Å². The van der Waals surface area contributed by atoms with E-state index in [2.05, 4.69) is 42.1 Å². The molecule has 2 heterocycles. The number of nitrogens with one attached hydrogen (secondary N) is 2. The molecular formula is C26H20Br2N4O10. The molecule has 2 amide bonds. The van der Waals surface area contributed by atoms with E-state index in [0.717, 1.165) is 0 Å². The second-order valence-electron chi connectivity index (χ2n) is 8.74. The van der Waals surface area contributed by atoms with Crippen LogP contribution in [0.2, 0.25) is 0 Å². The van der Waals surface area contributed by atoms with Crippen molar-refractivity contribution in [3.05, 3.63) is 77.3 Å². The molecular weight excluding hydrogens is 688 g/mol. The van der Waals surface area contributed by atoms with Crippen LogP contribution in [-0.4, -0.2) is 55.9 Å². The number of aromatic hydroxyl groups is 2. The Morgan fingerprint density at radius 2 is 1.10 bits per heavy atom. The summed E-state index contributed by atoms with van der Waals surface area (Å²) in [6.45, 7) is 2.53. The molecule has 14 nitrogen and oxygen atoms in total. The van der Waals surface area contributed by atoms with Crippen LogP contribution in [0.3, 0.4) is 0 Å². The second-order valence-corrected chi connectivity index (χ2v) is 10.6. The number of hydrogen-bond acceptors (Lipinski definition) is 12. The highest BCUT2D eigenvalue weighted by Crippen LogP contribution is 2.30. The minimum Gasteiger partial charge on any atom is -0.506 e. The fraction of sp³-hybridized carbons (Fsp3) is 0.154. The van der Waals surface area contributed by atoms with Gasteiger partial charge in [0.2, 0.25) is 0 Å². The summed E-state index contributed by atoms with van der Waals surface area (Å²) in [6.07, 6.45) is -4.71. The highest BCUT2D eigenvalue weighted by atomic mass is 79.9. The van der Waals surface area contributed by atoms with Gasteiger partial charge in [-0.25, -0.2) is 20.4 Å². The third-order valence-corrected chi connectivity index (χ3v) is 6.89. The Morgan fingerprint density at radius 3 is 1.45 bits per heavy atom. The van der Waals surface area contributed by atoms with Crippen LogP contribution in [0.15, 0.2) is 74.0 Å². The molecule has 42 heavy (non-hydrogen) atoms. The largest absolute Gasteiger partial charge is 0.506 e. The van der Waals surface area contributed by atoms with E-state index < -0.39 is 46.8 Å². The summed E-state index contributed by atoms with van der Waals surface area (Å²) in [5.41, 5.74) is 0.935. The molecule has 0 aliphatic rings. The van der Waals surface area contributed by atoms with Crippen molar-refractivity contribution in [3.8, 4) is 11.5 Å². The lowest BCUT2D eigenvalue weighted by Gasteiger charge is -2.15. The van der Waals surface area contributed by atoms with Gasteiger partial charge in [-0.2, -0.15) is 10.2 Å². The Balaban J connectivity index is 1.47. The van der Waals surface area contributed by atoms with Gasteiger partial charge in [0.25, 0.3) is 11.8 Å². The minimum atomic E-state index is -2.36. The van der Waals surface area contributed by atoms with Crippen molar-refractivity contribution in [3.63, 3.8) is 0 Å². The topological polar surface area (TPSA) is 224 Å². The molecule has 16 heteroatoms. The van der Waals surface area contributed by atoms with Crippen LogP contribution in [0.1, 0.15) is 25.0 Å². The molecule has 4 rings (SSSR count). The van der Waals surface area contributed by atoms with Crippen molar-refractivity contribution in [2.75, 3.05) is 0 Å². The number of carbonyl (C=O) groups is 2. The molecule has 0 fully saturated rings. The summed E-state index contributed by atoms with van der Waals surface area (Å²) >= 11 is 6.49. The zero-order chi connectivity index (χ0) is 30.9. The summed E-state index contributed by atoms with van der Waals surface area (Å²) in [6, 6.07) is 9.13. The van der Waals surface area contributed by atoms with Crippen molar-refractivity contribution in [1.29, 1.82) is 0 Å². The molecule has 4 aromatic rings. The highest BCUT2D eigenvalue weighted by Gasteiger charge is 2.31. The van der Waals surface area contributed by atoms with Gasteiger partial charge in [0.1, 0.15) is 33.8 Å². The Labute approximate surface area is 251 Å². The van der Waals surface area contributed by atoms with Gasteiger partial charge in [-0.3, -0.25) is 9.59 Å². The third kappa shape index (κ3) is 6.11. The first-order valence-electron chi connectivity index (χ1n) is 11.8. The monoisotopic (exact) mass is 706 g/mol. The molecule has 0 spiro atoms. The highest BCUT2D eigenvalue weighted by molar-refractivity contribution is 9.10. The fourth-order valence-corrected chi connectivity index (χ4v) is 4.49. The molecule has 0 radical (unpaired) electrons. The van der Waals surface area contributed by atoms with Gasteiger partial charge in [-0.05, 0) is 50.2 Å². The summed E-state index contributed by atoms with van der Waals surface area (Å²) < 4.78 is 11.5. The number of rotatable bonds is 7. The lowest BCUT2D eigenvalue weighted by molar-refractivity contribution is -0.146. The zero-order valence-electron chi connectivity index (χ0n) is 21.5. The van der Waals surface area contributed by atoms with Gasteiger partial charge in [0.05, 0.1) is 22.2 Å². The first-order valence-corrected chi connectivity index (χ1v) is 13.3. The number of nitrogens with zero attached hydrogens (tertiary/aromatic N) is 2. The standard InChI is InChI=1S/C26H20Br2N4O10/c1-9(17-19(33)13-7-11(27)3-5-15(13)41-25(17)39)29-31-23(37)21(35)22(36)24(38)32-30-10(2)18-20(34)14-8-12(28)4-6-16(14)42-26(18)40/h3-8,21-22,33-36H,1-2H3,(H,31,37)(H,32,38)/b29-9+,30-10+. The minimum absolute atomic E-state index is 0.105. The average Bonchev–Trinajstić information content (AvgIpc) is 2.94. The fourth-order valence-electron chi connectivity index (χ4n) is 3.76. The maximum Gasteiger partial charge on any atom is 0.349 e. The van der Waals surface area contributed by atoms with E-state index in [0.29, 0.717) is 8.95 Å².